The van der Waals surface area contributed by atoms with Gasteiger partial charge in [-0.3, -0.25) is 4.18 Å². The summed E-state index contributed by atoms with van der Waals surface area (Å²) in [5.41, 5.74) is 1.60. The fourth-order valence-electron chi connectivity index (χ4n) is 1.42. The van der Waals surface area contributed by atoms with Crippen LogP contribution in [-0.2, 0) is 20.8 Å². The third-order valence-electron chi connectivity index (χ3n) is 2.47. The largest absolute Gasteiger partial charge is 0.273 e. The highest BCUT2D eigenvalue weighted by Gasteiger charge is 2.13. The van der Waals surface area contributed by atoms with Crippen LogP contribution in [0.3, 0.4) is 0 Å². The van der Waals surface area contributed by atoms with E-state index in [9.17, 15) is 8.42 Å². The third kappa shape index (κ3) is 3.76. The van der Waals surface area contributed by atoms with Crippen molar-refractivity contribution in [1.29, 1.82) is 0 Å². The molecule has 2 aromatic heterocycles. The van der Waals surface area contributed by atoms with Gasteiger partial charge in [0.2, 0.25) is 0 Å². The summed E-state index contributed by atoms with van der Waals surface area (Å²) in [6, 6.07) is 3.59. The van der Waals surface area contributed by atoms with Crippen LogP contribution in [0, 0.1) is 0 Å². The van der Waals surface area contributed by atoms with Crippen LogP contribution in [0.25, 0.3) is 11.3 Å². The first kappa shape index (κ1) is 13.5. The second-order valence-electron chi connectivity index (χ2n) is 3.70. The van der Waals surface area contributed by atoms with Gasteiger partial charge in [-0.1, -0.05) is 4.68 Å². The van der Waals surface area contributed by atoms with Gasteiger partial charge in [-0.05, 0) is 11.2 Å². The maximum absolute atomic E-state index is 11.2. The van der Waals surface area contributed by atoms with Crippen molar-refractivity contribution in [2.24, 2.45) is 0 Å². The van der Waals surface area contributed by atoms with Crippen molar-refractivity contribution in [2.75, 3.05) is 12.9 Å². The van der Waals surface area contributed by atoms with Crippen molar-refractivity contribution >= 4 is 10.1 Å². The molecule has 0 aliphatic heterocycles. The fraction of sp³-hybridized carbons (Fsp3) is 0.273. The van der Waals surface area contributed by atoms with Gasteiger partial charge in [-0.2, -0.15) is 8.42 Å². The lowest BCUT2D eigenvalue weighted by Gasteiger charge is -1.99. The van der Waals surface area contributed by atoms with Crippen molar-refractivity contribution in [3.05, 3.63) is 37.1 Å². The molecule has 0 spiro atoms. The van der Waals surface area contributed by atoms with E-state index in [0.29, 0.717) is 0 Å². The first-order valence-electron chi connectivity index (χ1n) is 5.51. The van der Waals surface area contributed by atoms with Gasteiger partial charge >= 0.3 is 0 Å². The second-order valence-corrected chi connectivity index (χ2v) is 5.56. The molecule has 0 saturated carbocycles. The van der Waals surface area contributed by atoms with Crippen molar-refractivity contribution in [1.82, 2.24) is 15.1 Å². The van der Waals surface area contributed by atoms with Crippen LogP contribution in [0.2, 0.25) is 0 Å². The Balaban J connectivity index is 2.07. The van der Waals surface area contributed by atoms with E-state index in [-0.39, 0.29) is 12.3 Å². The van der Waals surface area contributed by atoms with E-state index in [1.54, 1.807) is 24.7 Å². The minimum absolute atomic E-state index is 0.117. The molecular formula is C11H13N4O3S+. The zero-order chi connectivity index (χ0) is 13.7. The molecule has 0 fully saturated rings. The topological polar surface area (TPSA) is 85.9 Å². The molecule has 0 saturated heterocycles. The smallest absolute Gasteiger partial charge is 0.273 e. The summed E-state index contributed by atoms with van der Waals surface area (Å²) >= 11 is 0. The predicted octanol–water partition coefficient (Wildman–Crippen LogP) is -0.198. The first-order valence-corrected chi connectivity index (χ1v) is 7.09. The van der Waals surface area contributed by atoms with Gasteiger partial charge < -0.3 is 0 Å². The summed E-state index contributed by atoms with van der Waals surface area (Å²) in [6.07, 6.45) is 6.43. The lowest BCUT2D eigenvalue weighted by molar-refractivity contribution is -0.750. The Morgan fingerprint density at radius 2 is 2.21 bits per heavy atom. The van der Waals surface area contributed by atoms with E-state index in [1.165, 1.54) is 11.0 Å². The Labute approximate surface area is 111 Å². The van der Waals surface area contributed by atoms with E-state index >= 15 is 0 Å². The molecule has 0 radical (unpaired) electrons. The summed E-state index contributed by atoms with van der Waals surface area (Å²) in [5.74, 6) is -0.117. The Kier molecular flexibility index (Phi) is 4.13. The molecule has 0 atom stereocenters. The molecule has 2 heterocycles. The molecule has 19 heavy (non-hydrogen) atoms. The molecular weight excluding hydrogens is 268 g/mol. The van der Waals surface area contributed by atoms with E-state index in [0.717, 1.165) is 18.4 Å². The zero-order valence-corrected chi connectivity index (χ0v) is 11.1. The van der Waals surface area contributed by atoms with Gasteiger partial charge in [0.15, 0.2) is 12.7 Å². The minimum Gasteiger partial charge on any atom is -0.273 e. The Morgan fingerprint density at radius 3 is 2.79 bits per heavy atom. The molecule has 0 bridgehead atoms. The monoisotopic (exact) mass is 281 g/mol. The fourth-order valence-corrected chi connectivity index (χ4v) is 2.00. The average Bonchev–Trinajstić information content (AvgIpc) is 2.47. The van der Waals surface area contributed by atoms with Gasteiger partial charge in [0.1, 0.15) is 18.3 Å². The van der Waals surface area contributed by atoms with E-state index < -0.39 is 10.1 Å². The summed E-state index contributed by atoms with van der Waals surface area (Å²) in [7, 11) is -2.32. The zero-order valence-electron chi connectivity index (χ0n) is 10.3. The summed E-state index contributed by atoms with van der Waals surface area (Å²) in [5, 5.41) is 4.13. The lowest BCUT2D eigenvalue weighted by atomic mass is 10.2. The minimum atomic E-state index is -3.46. The third-order valence-corrected chi connectivity index (χ3v) is 3.66. The number of hydrogen-bond acceptors (Lipinski definition) is 6. The highest BCUT2D eigenvalue weighted by Crippen LogP contribution is 2.11. The van der Waals surface area contributed by atoms with Gasteiger partial charge in [-0.15, -0.1) is 0 Å². The highest BCUT2D eigenvalue weighted by molar-refractivity contribution is 7.86. The maximum atomic E-state index is 11.2. The predicted molar refractivity (Wildman–Crippen MR) is 66.3 cm³/mol. The normalized spacial score (nSPS) is 11.4. The molecule has 0 unspecified atom stereocenters. The van der Waals surface area contributed by atoms with Crippen LogP contribution in [0.4, 0.5) is 0 Å². The van der Waals surface area contributed by atoms with Crippen molar-refractivity contribution in [3.8, 4) is 11.3 Å². The molecule has 2 rings (SSSR count). The first-order chi connectivity index (χ1) is 9.11. The summed E-state index contributed by atoms with van der Waals surface area (Å²) < 4.78 is 28.3. The Bertz CT molecular complexity index is 629. The number of nitrogens with zero attached hydrogens (tertiary/aromatic N) is 4. The second kappa shape index (κ2) is 5.81. The van der Waals surface area contributed by atoms with Crippen molar-refractivity contribution in [3.63, 3.8) is 0 Å². The van der Waals surface area contributed by atoms with Crippen molar-refractivity contribution in [2.45, 2.75) is 6.54 Å². The maximum Gasteiger partial charge on any atom is 0.273 e. The molecule has 2 aromatic rings. The van der Waals surface area contributed by atoms with Gasteiger partial charge in [0, 0.05) is 17.8 Å². The summed E-state index contributed by atoms with van der Waals surface area (Å²) in [6.45, 7) is 0.236. The van der Waals surface area contributed by atoms with Gasteiger partial charge in [0.25, 0.3) is 10.1 Å². The lowest BCUT2D eigenvalue weighted by Crippen LogP contribution is -2.40. The standard InChI is InChI=1S/C11H13N4O3S/c1-18-19(16,17)7-6-15-5-3-10(8-14-15)11-2-4-12-9-13-11/h2-5,8-9H,6-7H2,1H3/q+1. The number of aryl methyl sites for hydroxylation is 1. The molecule has 0 aliphatic rings. The number of hydrogen-bond donors (Lipinski definition) is 0. The van der Waals surface area contributed by atoms with Gasteiger partial charge in [0.05, 0.1) is 12.8 Å². The molecule has 0 aliphatic carbocycles. The van der Waals surface area contributed by atoms with E-state index in [1.807, 2.05) is 6.07 Å². The van der Waals surface area contributed by atoms with Crippen LogP contribution in [-0.4, -0.2) is 36.3 Å². The molecule has 7 nitrogen and oxygen atoms in total. The van der Waals surface area contributed by atoms with E-state index in [4.69, 9.17) is 0 Å². The van der Waals surface area contributed by atoms with Crippen LogP contribution in [0.5, 0.6) is 0 Å². The van der Waals surface area contributed by atoms with E-state index in [2.05, 4.69) is 19.2 Å². The molecule has 0 aromatic carbocycles. The van der Waals surface area contributed by atoms with Gasteiger partial charge in [-0.25, -0.2) is 9.97 Å². The van der Waals surface area contributed by atoms with Crippen molar-refractivity contribution < 1.29 is 17.3 Å². The van der Waals surface area contributed by atoms with Crippen LogP contribution in [0.1, 0.15) is 0 Å². The molecule has 100 valence electrons. The summed E-state index contributed by atoms with van der Waals surface area (Å²) in [4.78, 5) is 7.94. The Hall–Kier alpha value is -1.93. The molecule has 0 N–H and O–H groups in total. The molecule has 8 heteroatoms. The SMILES string of the molecule is COS(=O)(=O)CC[n+]1ccc(-c2ccncn2)cn1. The average molecular weight is 281 g/mol. The molecule has 0 amide bonds. The number of rotatable bonds is 5. The quantitative estimate of drug-likeness (QED) is 0.557. The highest BCUT2D eigenvalue weighted by atomic mass is 32.2. The number of aromatic nitrogens is 4. The van der Waals surface area contributed by atoms with Crippen LogP contribution >= 0.6 is 0 Å². The Morgan fingerprint density at radius 1 is 1.37 bits per heavy atom. The van der Waals surface area contributed by atoms with Crippen LogP contribution < -0.4 is 4.68 Å². The van der Waals surface area contributed by atoms with Crippen LogP contribution in [0.15, 0.2) is 37.1 Å².